The Hall–Kier alpha value is -2.02. The van der Waals surface area contributed by atoms with Gasteiger partial charge < -0.3 is 0 Å². The van der Waals surface area contributed by atoms with Crippen LogP contribution in [0.4, 0.5) is 17.6 Å². The van der Waals surface area contributed by atoms with Crippen molar-refractivity contribution in [2.75, 3.05) is 13.1 Å². The zero-order valence-electron chi connectivity index (χ0n) is 15.4. The lowest BCUT2D eigenvalue weighted by molar-refractivity contribution is -0.140. The summed E-state index contributed by atoms with van der Waals surface area (Å²) in [5.74, 6) is -1.56. The lowest BCUT2D eigenvalue weighted by Crippen LogP contribution is -2.46. The van der Waals surface area contributed by atoms with Crippen molar-refractivity contribution in [2.24, 2.45) is 0 Å². The number of sulfonamides is 2. The molecule has 0 atom stereocenters. The fourth-order valence-electron chi connectivity index (χ4n) is 3.13. The molecule has 164 valence electrons. The highest BCUT2D eigenvalue weighted by Gasteiger charge is 2.37. The van der Waals surface area contributed by atoms with Gasteiger partial charge in [0.25, 0.3) is 0 Å². The highest BCUT2D eigenvalue weighted by molar-refractivity contribution is 7.89. The Bertz CT molecular complexity index is 1110. The third kappa shape index (κ3) is 4.82. The van der Waals surface area contributed by atoms with Crippen LogP contribution in [0.5, 0.6) is 0 Å². The number of benzene rings is 2. The van der Waals surface area contributed by atoms with Crippen LogP contribution in [-0.4, -0.2) is 40.3 Å². The number of hydrogen-bond acceptors (Lipinski definition) is 4. The van der Waals surface area contributed by atoms with E-state index < -0.39 is 48.5 Å². The van der Waals surface area contributed by atoms with E-state index in [2.05, 4.69) is 4.72 Å². The summed E-state index contributed by atoms with van der Waals surface area (Å²) < 4.78 is 106. The molecule has 1 fully saturated rings. The number of rotatable bonds is 5. The molecule has 0 bridgehead atoms. The number of piperidine rings is 1. The third-order valence-corrected chi connectivity index (χ3v) is 8.14. The fraction of sp³-hybridized carbons (Fsp3) is 0.333. The number of halogens is 4. The standard InChI is InChI=1S/C18H18F4N2O4S2/c19-17-7-6-15(12-16(17)18(20,21)22)30(27,28)24-10-8-13(9-11-24)23-29(25,26)14-4-2-1-3-5-14/h1-7,12-13,23H,8-11H2. The lowest BCUT2D eigenvalue weighted by Gasteiger charge is -2.31. The summed E-state index contributed by atoms with van der Waals surface area (Å²) in [4.78, 5) is -0.592. The molecule has 30 heavy (non-hydrogen) atoms. The molecule has 0 aliphatic carbocycles. The molecule has 0 aromatic heterocycles. The first-order valence-electron chi connectivity index (χ1n) is 8.85. The monoisotopic (exact) mass is 466 g/mol. The summed E-state index contributed by atoms with van der Waals surface area (Å²) in [5.41, 5.74) is -1.66. The van der Waals surface area contributed by atoms with E-state index >= 15 is 0 Å². The van der Waals surface area contributed by atoms with Gasteiger partial charge in [-0.15, -0.1) is 0 Å². The van der Waals surface area contributed by atoms with E-state index in [1.54, 1.807) is 18.2 Å². The summed E-state index contributed by atoms with van der Waals surface area (Å²) in [6.45, 7) is -0.188. The van der Waals surface area contributed by atoms with Gasteiger partial charge in [0.15, 0.2) is 0 Å². The quantitative estimate of drug-likeness (QED) is 0.687. The van der Waals surface area contributed by atoms with E-state index in [4.69, 9.17) is 0 Å². The number of nitrogens with zero attached hydrogens (tertiary/aromatic N) is 1. The molecule has 1 N–H and O–H groups in total. The highest BCUT2D eigenvalue weighted by Crippen LogP contribution is 2.33. The van der Waals surface area contributed by atoms with Crippen molar-refractivity contribution >= 4 is 20.0 Å². The molecule has 0 saturated carbocycles. The van der Waals surface area contributed by atoms with E-state index in [-0.39, 0.29) is 36.9 Å². The van der Waals surface area contributed by atoms with Gasteiger partial charge in [0.05, 0.1) is 15.4 Å². The van der Waals surface area contributed by atoms with Gasteiger partial charge in [0, 0.05) is 19.1 Å². The van der Waals surface area contributed by atoms with Crippen LogP contribution in [0.25, 0.3) is 0 Å². The van der Waals surface area contributed by atoms with Crippen LogP contribution < -0.4 is 4.72 Å². The van der Waals surface area contributed by atoms with Crippen LogP contribution in [0.1, 0.15) is 18.4 Å². The summed E-state index contributed by atoms with van der Waals surface area (Å²) in [6, 6.07) is 8.66. The van der Waals surface area contributed by atoms with Gasteiger partial charge in [-0.3, -0.25) is 0 Å². The van der Waals surface area contributed by atoms with Gasteiger partial charge in [-0.2, -0.15) is 17.5 Å². The van der Waals surface area contributed by atoms with Gasteiger partial charge in [-0.25, -0.2) is 25.9 Å². The Labute approximate surface area is 171 Å². The minimum atomic E-state index is -5.03. The zero-order valence-corrected chi connectivity index (χ0v) is 17.1. The van der Waals surface area contributed by atoms with E-state index in [1.165, 1.54) is 12.1 Å². The Balaban J connectivity index is 1.72. The van der Waals surface area contributed by atoms with Gasteiger partial charge in [0.1, 0.15) is 5.82 Å². The van der Waals surface area contributed by atoms with E-state index in [9.17, 15) is 34.4 Å². The van der Waals surface area contributed by atoms with Crippen molar-refractivity contribution in [3.63, 3.8) is 0 Å². The minimum absolute atomic E-state index is 0.0750. The van der Waals surface area contributed by atoms with Crippen LogP contribution >= 0.6 is 0 Å². The molecule has 0 spiro atoms. The second kappa shape index (κ2) is 8.25. The molecule has 1 aliphatic heterocycles. The van der Waals surface area contributed by atoms with Crippen molar-refractivity contribution in [3.8, 4) is 0 Å². The SMILES string of the molecule is O=S(=O)(NC1CCN(S(=O)(=O)c2ccc(F)c(C(F)(F)F)c2)CC1)c1ccccc1. The maximum Gasteiger partial charge on any atom is 0.419 e. The first-order valence-corrected chi connectivity index (χ1v) is 11.8. The largest absolute Gasteiger partial charge is 0.419 e. The van der Waals surface area contributed by atoms with Crippen LogP contribution in [-0.2, 0) is 26.2 Å². The van der Waals surface area contributed by atoms with Crippen LogP contribution in [0.15, 0.2) is 58.3 Å². The first-order chi connectivity index (χ1) is 13.9. The first kappa shape index (κ1) is 22.7. The second-order valence-corrected chi connectivity index (χ2v) is 10.4. The normalized spacial score (nSPS) is 17.2. The van der Waals surface area contributed by atoms with Crippen LogP contribution in [0.2, 0.25) is 0 Å². The van der Waals surface area contributed by atoms with Crippen molar-refractivity contribution < 1.29 is 34.4 Å². The molecule has 3 rings (SSSR count). The molecule has 2 aromatic carbocycles. The van der Waals surface area contributed by atoms with Crippen LogP contribution in [0, 0.1) is 5.82 Å². The van der Waals surface area contributed by atoms with Crippen molar-refractivity contribution in [2.45, 2.75) is 34.9 Å². The van der Waals surface area contributed by atoms with E-state index in [1.807, 2.05) is 0 Å². The predicted molar refractivity (Wildman–Crippen MR) is 99.9 cm³/mol. The van der Waals surface area contributed by atoms with Gasteiger partial charge in [0.2, 0.25) is 20.0 Å². The maximum atomic E-state index is 13.5. The third-order valence-electron chi connectivity index (χ3n) is 4.71. The minimum Gasteiger partial charge on any atom is -0.208 e. The average molecular weight is 466 g/mol. The molecule has 2 aromatic rings. The number of nitrogens with one attached hydrogen (secondary N) is 1. The lowest BCUT2D eigenvalue weighted by atomic mass is 10.1. The molecule has 12 heteroatoms. The Morgan fingerprint density at radius 3 is 2.07 bits per heavy atom. The molecule has 1 saturated heterocycles. The number of alkyl halides is 3. The van der Waals surface area contributed by atoms with E-state index in [0.717, 1.165) is 10.4 Å². The molecule has 0 amide bonds. The van der Waals surface area contributed by atoms with Gasteiger partial charge in [-0.1, -0.05) is 18.2 Å². The summed E-state index contributed by atoms with van der Waals surface area (Å²) >= 11 is 0. The Kier molecular flexibility index (Phi) is 6.23. The van der Waals surface area contributed by atoms with E-state index in [0.29, 0.717) is 6.07 Å². The molecular weight excluding hydrogens is 448 g/mol. The van der Waals surface area contributed by atoms with Gasteiger partial charge in [-0.05, 0) is 43.2 Å². The molecule has 0 radical (unpaired) electrons. The predicted octanol–water partition coefficient (Wildman–Crippen LogP) is 2.98. The Morgan fingerprint density at radius 2 is 1.50 bits per heavy atom. The van der Waals surface area contributed by atoms with Crippen molar-refractivity contribution in [1.82, 2.24) is 9.03 Å². The zero-order chi connectivity index (χ0) is 22.2. The fourth-order valence-corrected chi connectivity index (χ4v) is 5.95. The molecule has 0 unspecified atom stereocenters. The molecule has 6 nitrogen and oxygen atoms in total. The Morgan fingerprint density at radius 1 is 0.900 bits per heavy atom. The average Bonchev–Trinajstić information content (AvgIpc) is 2.68. The number of hydrogen-bond donors (Lipinski definition) is 1. The maximum absolute atomic E-state index is 13.5. The summed E-state index contributed by atoms with van der Waals surface area (Å²) in [7, 11) is -8.07. The smallest absolute Gasteiger partial charge is 0.208 e. The van der Waals surface area contributed by atoms with Crippen molar-refractivity contribution in [3.05, 3.63) is 59.9 Å². The summed E-state index contributed by atoms with van der Waals surface area (Å²) in [5, 5.41) is 0. The van der Waals surface area contributed by atoms with Crippen molar-refractivity contribution in [1.29, 1.82) is 0 Å². The topological polar surface area (TPSA) is 83.6 Å². The molecule has 1 aliphatic rings. The molecule has 1 heterocycles. The van der Waals surface area contributed by atoms with Gasteiger partial charge >= 0.3 is 6.18 Å². The van der Waals surface area contributed by atoms with Crippen LogP contribution in [0.3, 0.4) is 0 Å². The second-order valence-electron chi connectivity index (χ2n) is 6.75. The summed E-state index contributed by atoms with van der Waals surface area (Å²) in [6.07, 6.45) is -4.75. The molecular formula is C18H18F4N2O4S2. The highest BCUT2D eigenvalue weighted by atomic mass is 32.2.